The van der Waals surface area contributed by atoms with E-state index >= 15 is 0 Å². The van der Waals surface area contributed by atoms with E-state index in [4.69, 9.17) is 0 Å². The molecule has 0 aromatic carbocycles. The van der Waals surface area contributed by atoms with Gasteiger partial charge >= 0.3 is 0 Å². The summed E-state index contributed by atoms with van der Waals surface area (Å²) in [7, 11) is 1.94. The number of aryl methyl sites for hydroxylation is 1. The largest absolute Gasteiger partial charge is 0.389 e. The molecule has 2 atom stereocenters. The highest BCUT2D eigenvalue weighted by atomic mass is 16.3. The predicted octanol–water partition coefficient (Wildman–Crippen LogP) is 1.95. The number of carbonyl (C=O) groups is 2. The smallest absolute Gasteiger partial charge is 0.255 e. The summed E-state index contributed by atoms with van der Waals surface area (Å²) in [6, 6.07) is 1.87. The Morgan fingerprint density at radius 1 is 1.11 bits per heavy atom. The molecule has 1 aliphatic carbocycles. The fraction of sp³-hybridized carbons (Fsp3) is 0.714. The van der Waals surface area contributed by atoms with E-state index in [1.165, 1.54) is 0 Å². The highest BCUT2D eigenvalue weighted by Gasteiger charge is 2.47. The molecule has 1 aromatic rings. The van der Waals surface area contributed by atoms with Gasteiger partial charge in [-0.05, 0) is 38.7 Å². The van der Waals surface area contributed by atoms with Crippen LogP contribution in [0.4, 0.5) is 0 Å². The number of amides is 2. The van der Waals surface area contributed by atoms with E-state index in [1.807, 2.05) is 40.6 Å². The number of piperidine rings is 2. The van der Waals surface area contributed by atoms with Gasteiger partial charge in [0.2, 0.25) is 5.91 Å². The van der Waals surface area contributed by atoms with Crippen molar-refractivity contribution in [3.05, 3.63) is 23.5 Å². The Hall–Kier alpha value is -1.82. The van der Waals surface area contributed by atoms with Crippen LogP contribution in [0, 0.1) is 18.8 Å². The number of fused-ring (bicyclic) bond motifs is 1. The lowest BCUT2D eigenvalue weighted by Crippen LogP contribution is -2.61. The molecule has 0 spiro atoms. The Morgan fingerprint density at radius 3 is 2.37 bits per heavy atom. The van der Waals surface area contributed by atoms with Crippen molar-refractivity contribution in [3.63, 3.8) is 0 Å². The van der Waals surface area contributed by atoms with Crippen LogP contribution in [0.25, 0.3) is 0 Å². The molecule has 0 radical (unpaired) electrons. The molecule has 3 heterocycles. The molecule has 1 N–H and O–H groups in total. The first kappa shape index (κ1) is 18.5. The number of aliphatic hydroxyl groups is 1. The second-order valence-electron chi connectivity index (χ2n) is 8.74. The lowest BCUT2D eigenvalue weighted by atomic mass is 9.75. The van der Waals surface area contributed by atoms with Crippen LogP contribution >= 0.6 is 0 Å². The molecule has 3 fully saturated rings. The van der Waals surface area contributed by atoms with Gasteiger partial charge in [-0.2, -0.15) is 0 Å². The summed E-state index contributed by atoms with van der Waals surface area (Å²) in [4.78, 5) is 29.6. The number of nitrogens with zero attached hydrogens (tertiary/aromatic N) is 3. The van der Waals surface area contributed by atoms with E-state index in [0.29, 0.717) is 39.0 Å². The number of rotatable bonds is 2. The first-order valence-corrected chi connectivity index (χ1v) is 10.3. The van der Waals surface area contributed by atoms with Crippen molar-refractivity contribution in [2.45, 2.75) is 51.0 Å². The Balaban J connectivity index is 1.46. The molecule has 2 amide bonds. The van der Waals surface area contributed by atoms with Crippen LogP contribution in [0.15, 0.2) is 12.3 Å². The fourth-order valence-electron chi connectivity index (χ4n) is 5.12. The minimum Gasteiger partial charge on any atom is -0.389 e. The van der Waals surface area contributed by atoms with Crippen molar-refractivity contribution in [2.24, 2.45) is 18.9 Å². The zero-order chi connectivity index (χ0) is 19.2. The van der Waals surface area contributed by atoms with Crippen LogP contribution in [-0.2, 0) is 11.8 Å². The van der Waals surface area contributed by atoms with Crippen molar-refractivity contribution < 1.29 is 14.7 Å². The van der Waals surface area contributed by atoms with E-state index in [1.54, 1.807) is 0 Å². The molecule has 4 rings (SSSR count). The van der Waals surface area contributed by atoms with Gasteiger partial charge in [0.15, 0.2) is 0 Å². The SMILES string of the molecule is Cc1c(C(=O)N2CC[C@@]3(O)CCN(C(=O)C4CCCC4)C[C@H]3C2)ccn1C. The highest BCUT2D eigenvalue weighted by Crippen LogP contribution is 2.37. The number of carbonyl (C=O) groups excluding carboxylic acids is 2. The molecular formula is C21H31N3O3. The van der Waals surface area contributed by atoms with Crippen molar-refractivity contribution in [3.8, 4) is 0 Å². The van der Waals surface area contributed by atoms with Gasteiger partial charge in [-0.3, -0.25) is 9.59 Å². The summed E-state index contributed by atoms with van der Waals surface area (Å²) >= 11 is 0. The molecule has 3 aliphatic rings. The quantitative estimate of drug-likeness (QED) is 0.862. The molecule has 27 heavy (non-hydrogen) atoms. The van der Waals surface area contributed by atoms with E-state index in [0.717, 1.165) is 36.9 Å². The summed E-state index contributed by atoms with van der Waals surface area (Å²) < 4.78 is 1.95. The lowest BCUT2D eigenvalue weighted by molar-refractivity contribution is -0.148. The highest BCUT2D eigenvalue weighted by molar-refractivity contribution is 5.95. The molecule has 0 bridgehead atoms. The number of aromatic nitrogens is 1. The predicted molar refractivity (Wildman–Crippen MR) is 102 cm³/mol. The molecule has 6 nitrogen and oxygen atoms in total. The Kier molecular flexibility index (Phi) is 4.78. The van der Waals surface area contributed by atoms with Gasteiger partial charge in [-0.25, -0.2) is 0 Å². The Bertz CT molecular complexity index is 737. The van der Waals surface area contributed by atoms with E-state index in [-0.39, 0.29) is 23.7 Å². The van der Waals surface area contributed by atoms with Gasteiger partial charge in [0.25, 0.3) is 5.91 Å². The maximum Gasteiger partial charge on any atom is 0.255 e. The summed E-state index contributed by atoms with van der Waals surface area (Å²) in [6.45, 7) is 4.28. The molecule has 2 aliphatic heterocycles. The standard InChI is InChI=1S/C21H31N3O3/c1-15-18(7-10-22(15)2)20(26)24-12-9-21(27)8-11-23(13-17(21)14-24)19(25)16-5-3-4-6-16/h7,10,16-17,27H,3-6,8-9,11-14H2,1-2H3/t17-,21-/m0/s1. The molecule has 1 saturated carbocycles. The van der Waals surface area contributed by atoms with E-state index in [2.05, 4.69) is 0 Å². The second-order valence-corrected chi connectivity index (χ2v) is 8.74. The monoisotopic (exact) mass is 373 g/mol. The van der Waals surface area contributed by atoms with Gasteiger partial charge in [0, 0.05) is 57.0 Å². The maximum atomic E-state index is 13.0. The molecule has 1 aromatic heterocycles. The van der Waals surface area contributed by atoms with Gasteiger partial charge in [-0.1, -0.05) is 12.8 Å². The van der Waals surface area contributed by atoms with Crippen LogP contribution in [0.5, 0.6) is 0 Å². The fourth-order valence-corrected chi connectivity index (χ4v) is 5.12. The van der Waals surface area contributed by atoms with Gasteiger partial charge < -0.3 is 19.5 Å². The number of hydrogen-bond donors (Lipinski definition) is 1. The van der Waals surface area contributed by atoms with E-state index < -0.39 is 5.60 Å². The molecule has 148 valence electrons. The first-order chi connectivity index (χ1) is 12.9. The third-order valence-corrected chi connectivity index (χ3v) is 7.19. The minimum atomic E-state index is -0.741. The summed E-state index contributed by atoms with van der Waals surface area (Å²) in [5.74, 6) is 0.411. The summed E-state index contributed by atoms with van der Waals surface area (Å²) in [6.07, 6.45) is 7.44. The normalized spacial score (nSPS) is 29.1. The van der Waals surface area contributed by atoms with Crippen LogP contribution in [0.1, 0.15) is 54.6 Å². The van der Waals surface area contributed by atoms with Crippen LogP contribution in [-0.4, -0.2) is 63.1 Å². The summed E-state index contributed by atoms with van der Waals surface area (Å²) in [5, 5.41) is 11.1. The maximum absolute atomic E-state index is 13.0. The molecular weight excluding hydrogens is 342 g/mol. The number of hydrogen-bond acceptors (Lipinski definition) is 3. The average molecular weight is 373 g/mol. The van der Waals surface area contributed by atoms with Gasteiger partial charge in [0.1, 0.15) is 0 Å². The van der Waals surface area contributed by atoms with Crippen molar-refractivity contribution >= 4 is 11.8 Å². The van der Waals surface area contributed by atoms with E-state index in [9.17, 15) is 14.7 Å². The molecule has 2 saturated heterocycles. The minimum absolute atomic E-state index is 0.0365. The zero-order valence-electron chi connectivity index (χ0n) is 16.5. The van der Waals surface area contributed by atoms with Crippen LogP contribution in [0.3, 0.4) is 0 Å². The van der Waals surface area contributed by atoms with Crippen molar-refractivity contribution in [2.75, 3.05) is 26.2 Å². The first-order valence-electron chi connectivity index (χ1n) is 10.3. The van der Waals surface area contributed by atoms with Gasteiger partial charge in [0.05, 0.1) is 11.2 Å². The average Bonchev–Trinajstić information content (AvgIpc) is 3.31. The van der Waals surface area contributed by atoms with Crippen LogP contribution < -0.4 is 0 Å². The van der Waals surface area contributed by atoms with Crippen LogP contribution in [0.2, 0.25) is 0 Å². The third kappa shape index (κ3) is 3.28. The lowest BCUT2D eigenvalue weighted by Gasteiger charge is -2.50. The molecule has 0 unspecified atom stereocenters. The summed E-state index contributed by atoms with van der Waals surface area (Å²) in [5.41, 5.74) is 0.953. The Morgan fingerprint density at radius 2 is 1.74 bits per heavy atom. The second kappa shape index (κ2) is 6.97. The molecule has 6 heteroatoms. The van der Waals surface area contributed by atoms with Crippen molar-refractivity contribution in [1.29, 1.82) is 0 Å². The third-order valence-electron chi connectivity index (χ3n) is 7.19. The Labute approximate surface area is 161 Å². The number of likely N-dealkylation sites (tertiary alicyclic amines) is 2. The van der Waals surface area contributed by atoms with Gasteiger partial charge in [-0.15, -0.1) is 0 Å². The van der Waals surface area contributed by atoms with Crippen molar-refractivity contribution in [1.82, 2.24) is 14.4 Å². The topological polar surface area (TPSA) is 65.8 Å². The zero-order valence-corrected chi connectivity index (χ0v) is 16.5.